The number of hydrogen-bond acceptors (Lipinski definition) is 16. The number of aliphatic hydroxyl groups excluding tert-OH is 9. The van der Waals surface area contributed by atoms with Crippen molar-refractivity contribution in [3.63, 3.8) is 0 Å². The second-order valence-corrected chi connectivity index (χ2v) is 9.11. The number of aliphatic carboxylic acids is 1. The van der Waals surface area contributed by atoms with Crippen LogP contribution in [0.5, 0.6) is 0 Å². The molecule has 0 unspecified atom stereocenters. The van der Waals surface area contributed by atoms with Crippen molar-refractivity contribution in [2.45, 2.75) is 99.0 Å². The summed E-state index contributed by atoms with van der Waals surface area (Å²) in [6.45, 7) is -0.543. The van der Waals surface area contributed by atoms with Crippen LogP contribution in [0, 0.1) is 0 Å². The molecule has 3 rings (SSSR count). The molecule has 0 aromatic heterocycles. The summed E-state index contributed by atoms with van der Waals surface area (Å²) in [5, 5.41) is 103. The molecule has 3 aliphatic rings. The van der Waals surface area contributed by atoms with E-state index in [1.165, 1.54) is 0 Å². The fraction of sp³-hybridized carbons (Fsp3) is 0.900. The highest BCUT2D eigenvalue weighted by atomic mass is 16.7. The number of aliphatic hydroxyl groups is 9. The maximum atomic E-state index is 12.0. The SMILES string of the molecule is CC(=O)N[C@@H]1[C@@H](O[C@@H]2O[C@@H](C(=O)O)[C@@H](O[C@H]3O[C@H](CO)[C@@H](O)[C@H](O)[C@H]3O)[C@H](O)[C@H]2O)[C@@H](O)[C@@H](CO)O[C@H]1O. The van der Waals surface area contributed by atoms with Crippen LogP contribution in [0.3, 0.4) is 0 Å². The van der Waals surface area contributed by atoms with Gasteiger partial charge < -0.3 is 80.1 Å². The molecule has 0 radical (unpaired) electrons. The summed E-state index contributed by atoms with van der Waals surface area (Å²) in [7, 11) is 0. The standard InChI is InChI=1S/C20H33NO17/c1-4(24)21-7-14(9(26)6(3-23)34-18(7)33)36-20-13(30)11(28)15(16(38-20)17(31)32)37-19-12(29)10(27)8(25)5(2-22)35-19/h5-16,18-20,22-23,25-30,33H,2-3H2,1H3,(H,21,24)(H,31,32)/t5-,6-,7-,8-,9+,10+,11-,12-,13-,14-,15+,16-,18-,19-,20-/m1/s1. The molecule has 3 saturated heterocycles. The Hall–Kier alpha value is -1.62. The minimum absolute atomic E-state index is 0.692. The normalized spacial score (nSPS) is 47.9. The summed E-state index contributed by atoms with van der Waals surface area (Å²) in [6, 6.07) is -1.48. The molecule has 3 aliphatic heterocycles. The van der Waals surface area contributed by atoms with Crippen LogP contribution in [0.1, 0.15) is 6.92 Å². The monoisotopic (exact) mass is 559 g/mol. The zero-order valence-corrected chi connectivity index (χ0v) is 19.9. The van der Waals surface area contributed by atoms with Crippen molar-refractivity contribution < 1.29 is 84.3 Å². The van der Waals surface area contributed by atoms with Gasteiger partial charge in [0.25, 0.3) is 0 Å². The van der Waals surface area contributed by atoms with Gasteiger partial charge in [-0.15, -0.1) is 0 Å². The number of carboxylic acid groups (broad SMARTS) is 1. The van der Waals surface area contributed by atoms with Crippen LogP contribution in [0.15, 0.2) is 0 Å². The molecule has 38 heavy (non-hydrogen) atoms. The first kappa shape index (κ1) is 30.9. The zero-order chi connectivity index (χ0) is 28.5. The second kappa shape index (κ2) is 12.7. The van der Waals surface area contributed by atoms with E-state index < -0.39 is 117 Å². The molecule has 0 spiro atoms. The van der Waals surface area contributed by atoms with Gasteiger partial charge in [-0.05, 0) is 0 Å². The van der Waals surface area contributed by atoms with Crippen LogP contribution in [-0.2, 0) is 33.3 Å². The molecule has 0 aromatic carbocycles. The minimum Gasteiger partial charge on any atom is -0.479 e. The Balaban J connectivity index is 1.81. The van der Waals surface area contributed by atoms with E-state index in [1.807, 2.05) is 0 Å². The lowest BCUT2D eigenvalue weighted by atomic mass is 9.95. The first-order chi connectivity index (χ1) is 17.8. The second-order valence-electron chi connectivity index (χ2n) is 9.11. The van der Waals surface area contributed by atoms with Crippen LogP contribution in [0.25, 0.3) is 0 Å². The number of carbonyl (C=O) groups excluding carboxylic acids is 1. The zero-order valence-electron chi connectivity index (χ0n) is 19.9. The number of carbonyl (C=O) groups is 2. The molecule has 220 valence electrons. The summed E-state index contributed by atoms with van der Waals surface area (Å²) < 4.78 is 26.3. The molecular weight excluding hydrogens is 526 g/mol. The number of nitrogens with one attached hydrogen (secondary N) is 1. The van der Waals surface area contributed by atoms with Gasteiger partial charge >= 0.3 is 5.97 Å². The Morgan fingerprint density at radius 2 is 1.24 bits per heavy atom. The number of hydrogen-bond donors (Lipinski definition) is 11. The van der Waals surface area contributed by atoms with Gasteiger partial charge in [0, 0.05) is 6.92 Å². The number of amides is 1. The minimum atomic E-state index is -2.13. The van der Waals surface area contributed by atoms with Crippen LogP contribution < -0.4 is 5.32 Å². The summed E-state index contributed by atoms with van der Waals surface area (Å²) in [5.74, 6) is -2.44. The maximum Gasteiger partial charge on any atom is 0.335 e. The first-order valence-electron chi connectivity index (χ1n) is 11.6. The Morgan fingerprint density at radius 3 is 1.79 bits per heavy atom. The smallest absolute Gasteiger partial charge is 0.335 e. The van der Waals surface area contributed by atoms with Crippen LogP contribution in [0.4, 0.5) is 0 Å². The molecule has 1 amide bonds. The van der Waals surface area contributed by atoms with Crippen LogP contribution >= 0.6 is 0 Å². The molecule has 0 aliphatic carbocycles. The molecule has 18 heteroatoms. The molecule has 3 heterocycles. The van der Waals surface area contributed by atoms with Crippen molar-refractivity contribution in [1.82, 2.24) is 5.32 Å². The van der Waals surface area contributed by atoms with Crippen molar-refractivity contribution in [1.29, 1.82) is 0 Å². The topological polar surface area (TPSA) is 295 Å². The van der Waals surface area contributed by atoms with Crippen molar-refractivity contribution in [3.8, 4) is 0 Å². The summed E-state index contributed by atoms with van der Waals surface area (Å²) in [4.78, 5) is 23.6. The molecule has 18 nitrogen and oxygen atoms in total. The number of rotatable bonds is 8. The highest BCUT2D eigenvalue weighted by molar-refractivity contribution is 5.73. The van der Waals surface area contributed by atoms with Crippen molar-refractivity contribution in [3.05, 3.63) is 0 Å². The Morgan fingerprint density at radius 1 is 0.711 bits per heavy atom. The summed E-state index contributed by atoms with van der Waals surface area (Å²) in [6.07, 6.45) is -25.8. The van der Waals surface area contributed by atoms with Gasteiger partial charge in [-0.2, -0.15) is 0 Å². The Kier molecular flexibility index (Phi) is 10.3. The van der Waals surface area contributed by atoms with Gasteiger partial charge in [-0.25, -0.2) is 4.79 Å². The van der Waals surface area contributed by atoms with E-state index in [1.54, 1.807) is 0 Å². The van der Waals surface area contributed by atoms with E-state index in [4.69, 9.17) is 23.7 Å². The third kappa shape index (κ3) is 6.24. The fourth-order valence-electron chi connectivity index (χ4n) is 4.42. The molecular formula is C20H33NO17. The number of carboxylic acids is 1. The van der Waals surface area contributed by atoms with Gasteiger partial charge in [-0.3, -0.25) is 4.79 Å². The highest BCUT2D eigenvalue weighted by Crippen LogP contribution is 2.32. The molecule has 11 N–H and O–H groups in total. The van der Waals surface area contributed by atoms with Gasteiger partial charge in [0.15, 0.2) is 25.0 Å². The van der Waals surface area contributed by atoms with Crippen molar-refractivity contribution >= 4 is 11.9 Å². The van der Waals surface area contributed by atoms with Gasteiger partial charge in [0.1, 0.15) is 67.1 Å². The van der Waals surface area contributed by atoms with E-state index in [2.05, 4.69) is 5.32 Å². The predicted octanol–water partition coefficient (Wildman–Crippen LogP) is -7.34. The molecule has 3 fully saturated rings. The Labute approximate surface area is 214 Å². The van der Waals surface area contributed by atoms with E-state index in [-0.39, 0.29) is 0 Å². The third-order valence-electron chi connectivity index (χ3n) is 6.46. The maximum absolute atomic E-state index is 12.0. The summed E-state index contributed by atoms with van der Waals surface area (Å²) >= 11 is 0. The molecule has 15 atom stereocenters. The molecule has 0 saturated carbocycles. The molecule has 0 bridgehead atoms. The fourth-order valence-corrected chi connectivity index (χ4v) is 4.42. The largest absolute Gasteiger partial charge is 0.479 e. The lowest BCUT2D eigenvalue weighted by molar-refractivity contribution is -0.367. The average molecular weight is 559 g/mol. The molecule has 0 aromatic rings. The lowest BCUT2D eigenvalue weighted by Gasteiger charge is -2.47. The van der Waals surface area contributed by atoms with Crippen molar-refractivity contribution in [2.24, 2.45) is 0 Å². The van der Waals surface area contributed by atoms with Crippen molar-refractivity contribution in [2.75, 3.05) is 13.2 Å². The highest BCUT2D eigenvalue weighted by Gasteiger charge is 2.55. The predicted molar refractivity (Wildman–Crippen MR) is 113 cm³/mol. The number of ether oxygens (including phenoxy) is 5. The van der Waals surface area contributed by atoms with E-state index in [9.17, 15) is 60.7 Å². The van der Waals surface area contributed by atoms with Gasteiger partial charge in [0.05, 0.1) is 13.2 Å². The van der Waals surface area contributed by atoms with Crippen LogP contribution in [0.2, 0.25) is 0 Å². The Bertz CT molecular complexity index is 816. The van der Waals surface area contributed by atoms with E-state index in [0.29, 0.717) is 0 Å². The van der Waals surface area contributed by atoms with Crippen LogP contribution in [-0.4, -0.2) is 168 Å². The van der Waals surface area contributed by atoms with E-state index >= 15 is 0 Å². The van der Waals surface area contributed by atoms with Gasteiger partial charge in [0.2, 0.25) is 5.91 Å². The average Bonchev–Trinajstić information content (AvgIpc) is 2.86. The lowest BCUT2D eigenvalue weighted by Crippen LogP contribution is -2.68. The van der Waals surface area contributed by atoms with E-state index in [0.717, 1.165) is 6.92 Å². The van der Waals surface area contributed by atoms with Gasteiger partial charge in [-0.1, -0.05) is 0 Å². The third-order valence-corrected chi connectivity index (χ3v) is 6.46. The first-order valence-corrected chi connectivity index (χ1v) is 11.6. The summed E-state index contributed by atoms with van der Waals surface area (Å²) in [5.41, 5.74) is 0. The quantitative estimate of drug-likeness (QED) is 0.132.